The average Bonchev–Trinajstić information content (AvgIpc) is 2.71. The topological polar surface area (TPSA) is 148 Å². The number of benzene rings is 2. The summed E-state index contributed by atoms with van der Waals surface area (Å²) in [6.07, 6.45) is -0.119. The van der Waals surface area contributed by atoms with E-state index in [1.807, 2.05) is 20.8 Å². The third-order valence-electron chi connectivity index (χ3n) is 3.96. The highest BCUT2D eigenvalue weighted by molar-refractivity contribution is 7.85. The number of aliphatic hydroxyl groups is 1. The lowest BCUT2D eigenvalue weighted by Gasteiger charge is -2.23. The zero-order chi connectivity index (χ0) is 26.1. The van der Waals surface area contributed by atoms with Crippen LogP contribution >= 0.6 is 0 Å². The lowest BCUT2D eigenvalue weighted by Crippen LogP contribution is -2.38. The molecule has 0 amide bonds. The first-order chi connectivity index (χ1) is 15.6. The van der Waals surface area contributed by atoms with E-state index >= 15 is 0 Å². The molecule has 0 radical (unpaired) electrons. The number of hydrogen-bond donors (Lipinski definition) is 3. The summed E-state index contributed by atoms with van der Waals surface area (Å²) in [4.78, 5) is 23.9. The summed E-state index contributed by atoms with van der Waals surface area (Å²) in [5.41, 5.74) is 0.664. The number of methoxy groups -OCH3 is 1. The predicted molar refractivity (Wildman–Crippen MR) is 126 cm³/mol. The van der Waals surface area contributed by atoms with Crippen LogP contribution in [0.15, 0.2) is 42.5 Å². The van der Waals surface area contributed by atoms with Gasteiger partial charge < -0.3 is 24.6 Å². The minimum absolute atomic E-state index is 0.0494. The molecule has 0 aliphatic carbocycles. The largest absolute Gasteiger partial charge is 0.497 e. The molecule has 34 heavy (non-hydrogen) atoms. The molecule has 0 saturated heterocycles. The molecule has 0 aromatic heterocycles. The molecule has 0 fully saturated rings. The Morgan fingerprint density at radius 3 is 2.06 bits per heavy atom. The van der Waals surface area contributed by atoms with Crippen LogP contribution in [0.5, 0.6) is 17.2 Å². The molecule has 1 unspecified atom stereocenters. The van der Waals surface area contributed by atoms with Gasteiger partial charge in [-0.05, 0) is 62.7 Å². The third-order valence-corrected chi connectivity index (χ3v) is 3.96. The Labute approximate surface area is 199 Å². The zero-order valence-corrected chi connectivity index (χ0v) is 20.8. The van der Waals surface area contributed by atoms with Gasteiger partial charge in [0.1, 0.15) is 5.75 Å². The Bertz CT molecular complexity index is 1070. The molecular formula is C23H31NO9S. The first kappa shape index (κ1) is 29.0. The van der Waals surface area contributed by atoms with Crippen molar-refractivity contribution in [3.05, 3.63) is 53.6 Å². The van der Waals surface area contributed by atoms with Crippen LogP contribution in [0.3, 0.4) is 0 Å². The van der Waals surface area contributed by atoms with Crippen molar-refractivity contribution in [2.24, 2.45) is 0 Å². The van der Waals surface area contributed by atoms with Crippen molar-refractivity contribution in [2.45, 2.75) is 39.3 Å². The first-order valence-corrected chi connectivity index (χ1v) is 12.0. The summed E-state index contributed by atoms with van der Waals surface area (Å²) in [5.74, 6) is -0.416. The predicted octanol–water partition coefficient (Wildman–Crippen LogP) is 2.77. The quantitative estimate of drug-likeness (QED) is 0.296. The molecule has 0 spiro atoms. The molecule has 0 heterocycles. The van der Waals surface area contributed by atoms with Gasteiger partial charge in [-0.1, -0.05) is 6.07 Å². The molecule has 1 atom stereocenters. The van der Waals surface area contributed by atoms with Gasteiger partial charge in [-0.2, -0.15) is 8.42 Å². The van der Waals surface area contributed by atoms with E-state index in [1.165, 1.54) is 26.2 Å². The maximum Gasteiger partial charge on any atom is 0.343 e. The second-order valence-corrected chi connectivity index (χ2v) is 9.76. The SMILES string of the molecule is COc1ccc(C(=O)Oc2cc(C(O)CNC(C)(C)C)ccc2OC(C)=O)cc1.CS(=O)(=O)O. The third kappa shape index (κ3) is 11.8. The Morgan fingerprint density at radius 2 is 1.59 bits per heavy atom. The molecule has 2 aromatic rings. The van der Waals surface area contributed by atoms with Gasteiger partial charge in [0, 0.05) is 19.0 Å². The summed E-state index contributed by atoms with van der Waals surface area (Å²) in [7, 11) is -2.13. The van der Waals surface area contributed by atoms with Crippen molar-refractivity contribution in [2.75, 3.05) is 19.9 Å². The van der Waals surface area contributed by atoms with E-state index in [0.717, 1.165) is 0 Å². The lowest BCUT2D eigenvalue weighted by molar-refractivity contribution is -0.132. The van der Waals surface area contributed by atoms with Crippen molar-refractivity contribution in [1.82, 2.24) is 5.32 Å². The number of carbonyl (C=O) groups is 2. The van der Waals surface area contributed by atoms with Gasteiger partial charge in [0.25, 0.3) is 10.1 Å². The molecule has 0 bridgehead atoms. The van der Waals surface area contributed by atoms with E-state index in [-0.39, 0.29) is 17.0 Å². The van der Waals surface area contributed by atoms with E-state index in [4.69, 9.17) is 18.8 Å². The Kier molecular flexibility index (Phi) is 10.6. The number of nitrogens with one attached hydrogen (secondary N) is 1. The van der Waals surface area contributed by atoms with Crippen LogP contribution < -0.4 is 19.5 Å². The van der Waals surface area contributed by atoms with Crippen molar-refractivity contribution < 1.29 is 41.9 Å². The maximum absolute atomic E-state index is 12.5. The minimum Gasteiger partial charge on any atom is -0.497 e. The Hall–Kier alpha value is -2.99. The van der Waals surface area contributed by atoms with Crippen LogP contribution in [-0.4, -0.2) is 55.5 Å². The zero-order valence-electron chi connectivity index (χ0n) is 20.0. The van der Waals surface area contributed by atoms with Gasteiger partial charge in [0.2, 0.25) is 0 Å². The second kappa shape index (κ2) is 12.5. The molecular weight excluding hydrogens is 466 g/mol. The number of rotatable bonds is 7. The van der Waals surface area contributed by atoms with Crippen LogP contribution in [0.4, 0.5) is 0 Å². The average molecular weight is 498 g/mol. The van der Waals surface area contributed by atoms with Gasteiger partial charge in [-0.3, -0.25) is 9.35 Å². The van der Waals surface area contributed by atoms with E-state index in [9.17, 15) is 23.1 Å². The standard InChI is InChI=1S/C22H27NO6.CH4O3S/c1-14(24)28-19-11-8-16(18(25)13-23-22(2,3)4)12-20(19)29-21(26)15-6-9-17(27-5)10-7-15;1-5(2,3)4/h6-12,18,23,25H,13H2,1-5H3;1H3,(H,2,3,4). The second-order valence-electron chi connectivity index (χ2n) is 8.30. The monoisotopic (exact) mass is 497 g/mol. The number of carbonyl (C=O) groups excluding carboxylic acids is 2. The highest BCUT2D eigenvalue weighted by Crippen LogP contribution is 2.32. The molecule has 0 saturated carbocycles. The van der Waals surface area contributed by atoms with Crippen molar-refractivity contribution >= 4 is 22.1 Å². The summed E-state index contributed by atoms with van der Waals surface area (Å²) in [6, 6.07) is 11.0. The lowest BCUT2D eigenvalue weighted by atomic mass is 10.1. The molecule has 188 valence electrons. The smallest absolute Gasteiger partial charge is 0.343 e. The fourth-order valence-electron chi connectivity index (χ4n) is 2.46. The van der Waals surface area contributed by atoms with Crippen LogP contribution in [0, 0.1) is 0 Å². The van der Waals surface area contributed by atoms with Gasteiger partial charge in [-0.25, -0.2) is 4.79 Å². The first-order valence-electron chi connectivity index (χ1n) is 10.1. The van der Waals surface area contributed by atoms with Crippen molar-refractivity contribution in [3.8, 4) is 17.2 Å². The summed E-state index contributed by atoms with van der Waals surface area (Å²) in [5, 5.41) is 13.7. The molecule has 0 aliphatic rings. The highest BCUT2D eigenvalue weighted by Gasteiger charge is 2.19. The van der Waals surface area contributed by atoms with E-state index in [2.05, 4.69) is 5.32 Å². The van der Waals surface area contributed by atoms with Crippen LogP contribution in [0.2, 0.25) is 0 Å². The van der Waals surface area contributed by atoms with E-state index in [1.54, 1.807) is 30.3 Å². The fourth-order valence-corrected chi connectivity index (χ4v) is 2.46. The van der Waals surface area contributed by atoms with Gasteiger partial charge in [0.15, 0.2) is 11.5 Å². The molecule has 2 rings (SSSR count). The van der Waals surface area contributed by atoms with Crippen LogP contribution in [-0.2, 0) is 14.9 Å². The maximum atomic E-state index is 12.5. The Morgan fingerprint density at radius 1 is 1.03 bits per heavy atom. The molecule has 3 N–H and O–H groups in total. The summed E-state index contributed by atoms with van der Waals surface area (Å²) >= 11 is 0. The number of aliphatic hydroxyl groups excluding tert-OH is 1. The number of hydrogen-bond acceptors (Lipinski definition) is 9. The molecule has 11 heteroatoms. The van der Waals surface area contributed by atoms with Crippen LogP contribution in [0.1, 0.15) is 49.7 Å². The summed E-state index contributed by atoms with van der Waals surface area (Å²) < 4.78 is 41.5. The molecule has 10 nitrogen and oxygen atoms in total. The minimum atomic E-state index is -3.67. The highest BCUT2D eigenvalue weighted by atomic mass is 32.2. The van der Waals surface area contributed by atoms with Crippen LogP contribution in [0.25, 0.3) is 0 Å². The number of β-amino-alcohol motifs (C(OH)–C–C–N with tert-alkyl or cyclic N) is 1. The normalized spacial score (nSPS) is 12.1. The van der Waals surface area contributed by atoms with Gasteiger partial charge >= 0.3 is 11.9 Å². The van der Waals surface area contributed by atoms with Crippen molar-refractivity contribution in [3.63, 3.8) is 0 Å². The van der Waals surface area contributed by atoms with Gasteiger partial charge in [0.05, 0.1) is 25.0 Å². The Balaban J connectivity index is 0.00000104. The fraction of sp³-hybridized carbons (Fsp3) is 0.391. The number of esters is 2. The van der Waals surface area contributed by atoms with E-state index < -0.39 is 28.2 Å². The number of ether oxygens (including phenoxy) is 3. The molecule has 2 aromatic carbocycles. The van der Waals surface area contributed by atoms with E-state index in [0.29, 0.717) is 29.7 Å². The summed E-state index contributed by atoms with van der Waals surface area (Å²) in [6.45, 7) is 7.54. The molecule has 0 aliphatic heterocycles. The van der Waals surface area contributed by atoms with Gasteiger partial charge in [-0.15, -0.1) is 0 Å². The van der Waals surface area contributed by atoms with Crippen molar-refractivity contribution in [1.29, 1.82) is 0 Å².